The summed E-state index contributed by atoms with van der Waals surface area (Å²) in [6, 6.07) is 8.19. The van der Waals surface area contributed by atoms with Gasteiger partial charge in [0.05, 0.1) is 13.2 Å². The van der Waals surface area contributed by atoms with Crippen LogP contribution < -0.4 is 61.4 Å². The van der Waals surface area contributed by atoms with Gasteiger partial charge in [-0.1, -0.05) is 19.1 Å². The Morgan fingerprint density at radius 3 is 2.52 bits per heavy atom. The molecule has 0 heterocycles. The predicted octanol–water partition coefficient (Wildman–Crippen LogP) is -0.748. The Balaban J connectivity index is 0.00000400. The van der Waals surface area contributed by atoms with E-state index in [0.29, 0.717) is 19.7 Å². The maximum absolute atomic E-state index is 11.3. The molecular formula is C16H25KN2O2. The molecular weight excluding hydrogens is 291 g/mol. The fourth-order valence-corrected chi connectivity index (χ4v) is 1.77. The number of nitrogens with zero attached hydrogens (tertiary/aromatic N) is 1. The summed E-state index contributed by atoms with van der Waals surface area (Å²) >= 11 is 0. The Labute approximate surface area is 171 Å². The van der Waals surface area contributed by atoms with Crippen molar-refractivity contribution in [3.63, 3.8) is 0 Å². The van der Waals surface area contributed by atoms with Gasteiger partial charge in [0.25, 0.3) is 0 Å². The van der Waals surface area contributed by atoms with Crippen LogP contribution in [-0.4, -0.2) is 37.6 Å². The number of carbonyl (C=O) groups is 1. The summed E-state index contributed by atoms with van der Waals surface area (Å²) in [4.78, 5) is 13.0. The smallest absolute Gasteiger partial charge is 0.494 e. The van der Waals surface area contributed by atoms with Gasteiger partial charge in [-0.15, -0.1) is 0 Å². The first-order valence-electron chi connectivity index (χ1n) is 7.12. The second-order valence-corrected chi connectivity index (χ2v) is 4.92. The summed E-state index contributed by atoms with van der Waals surface area (Å²) in [5.41, 5.74) is 1.32. The minimum atomic E-state index is 0. The number of rotatable bonds is 9. The van der Waals surface area contributed by atoms with Crippen LogP contribution in [0.4, 0.5) is 0 Å². The molecule has 4 nitrogen and oxygen atoms in total. The number of aryl methyl sites for hydroxylation is 1. The number of nitrogens with one attached hydrogen (secondary N) is 1. The standard InChI is InChI=1S/C16H25N2O2.K/c1-4-14-7-9-15(10-8-14)20-12-6-5-11-17-16(19)13-18(2)3;/h7-10H,2,4-6,11-13H2,1,3H3,(H,17,19);/q-1;+1. The molecule has 0 saturated heterocycles. The number of benzene rings is 1. The molecule has 0 aliphatic rings. The van der Waals surface area contributed by atoms with Gasteiger partial charge < -0.3 is 15.0 Å². The molecule has 0 atom stereocenters. The van der Waals surface area contributed by atoms with Gasteiger partial charge in [-0.3, -0.25) is 11.8 Å². The number of ether oxygens (including phenoxy) is 1. The first-order chi connectivity index (χ1) is 9.61. The Bertz CT molecular complexity index is 394. The van der Waals surface area contributed by atoms with Crippen molar-refractivity contribution >= 4 is 5.91 Å². The van der Waals surface area contributed by atoms with Crippen LogP contribution in [0.15, 0.2) is 24.3 Å². The van der Waals surface area contributed by atoms with E-state index in [1.807, 2.05) is 12.1 Å². The van der Waals surface area contributed by atoms with E-state index in [1.54, 1.807) is 11.9 Å². The van der Waals surface area contributed by atoms with Crippen molar-refractivity contribution in [1.29, 1.82) is 0 Å². The van der Waals surface area contributed by atoms with Crippen molar-refractivity contribution in [2.75, 3.05) is 26.7 Å². The molecule has 0 bridgehead atoms. The summed E-state index contributed by atoms with van der Waals surface area (Å²) in [6.45, 7) is 3.83. The van der Waals surface area contributed by atoms with Crippen molar-refractivity contribution in [3.8, 4) is 5.75 Å². The molecule has 1 aromatic carbocycles. The quantitative estimate of drug-likeness (QED) is 0.370. The molecule has 0 saturated carbocycles. The Morgan fingerprint density at radius 1 is 1.29 bits per heavy atom. The van der Waals surface area contributed by atoms with Gasteiger partial charge in [0, 0.05) is 6.54 Å². The Morgan fingerprint density at radius 2 is 1.95 bits per heavy atom. The molecule has 21 heavy (non-hydrogen) atoms. The van der Waals surface area contributed by atoms with E-state index in [2.05, 4.69) is 31.4 Å². The fraction of sp³-hybridized carbons (Fsp3) is 0.500. The van der Waals surface area contributed by atoms with Gasteiger partial charge in [0.15, 0.2) is 0 Å². The minimum absolute atomic E-state index is 0. The fourth-order valence-electron chi connectivity index (χ4n) is 1.77. The van der Waals surface area contributed by atoms with Crippen LogP contribution in [0.3, 0.4) is 0 Å². The average Bonchev–Trinajstić information content (AvgIpc) is 2.42. The molecule has 0 aliphatic carbocycles. The van der Waals surface area contributed by atoms with Crippen LogP contribution in [-0.2, 0) is 11.2 Å². The zero-order chi connectivity index (χ0) is 14.8. The van der Waals surface area contributed by atoms with Crippen LogP contribution >= 0.6 is 0 Å². The largest absolute Gasteiger partial charge is 1.00 e. The molecule has 5 heteroatoms. The molecule has 0 unspecified atom stereocenters. The number of amides is 1. The van der Waals surface area contributed by atoms with E-state index in [-0.39, 0.29) is 57.3 Å². The topological polar surface area (TPSA) is 41.6 Å². The zero-order valence-electron chi connectivity index (χ0n) is 13.5. The molecule has 1 N–H and O–H groups in total. The SMILES string of the molecule is [CH2-]N(C)CC(=O)NCCCCOc1ccc(CC)cc1.[K+]. The van der Waals surface area contributed by atoms with E-state index < -0.39 is 0 Å². The normalized spacial score (nSPS) is 10.1. The molecule has 0 radical (unpaired) electrons. The Kier molecular flexibility index (Phi) is 12.7. The molecule has 0 fully saturated rings. The maximum Gasteiger partial charge on any atom is 1.00 e. The zero-order valence-corrected chi connectivity index (χ0v) is 16.6. The monoisotopic (exact) mass is 316 g/mol. The van der Waals surface area contributed by atoms with Crippen LogP contribution in [0.2, 0.25) is 0 Å². The minimum Gasteiger partial charge on any atom is -0.494 e. The van der Waals surface area contributed by atoms with E-state index >= 15 is 0 Å². The number of hydrogen-bond donors (Lipinski definition) is 1. The van der Waals surface area contributed by atoms with E-state index in [4.69, 9.17) is 4.74 Å². The van der Waals surface area contributed by atoms with Crippen molar-refractivity contribution in [1.82, 2.24) is 10.2 Å². The van der Waals surface area contributed by atoms with Crippen LogP contribution in [0.1, 0.15) is 25.3 Å². The average molecular weight is 316 g/mol. The van der Waals surface area contributed by atoms with Gasteiger partial charge >= 0.3 is 51.4 Å². The van der Waals surface area contributed by atoms with E-state index in [0.717, 1.165) is 25.0 Å². The first kappa shape index (κ1) is 21.1. The third-order valence-electron chi connectivity index (χ3n) is 2.91. The van der Waals surface area contributed by atoms with E-state index in [1.165, 1.54) is 5.56 Å². The third kappa shape index (κ3) is 10.4. The molecule has 0 aliphatic heterocycles. The first-order valence-corrected chi connectivity index (χ1v) is 7.12. The number of hydrogen-bond acceptors (Lipinski definition) is 3. The molecule has 0 aromatic heterocycles. The number of carbonyl (C=O) groups excluding carboxylic acids is 1. The number of unbranched alkanes of at least 4 members (excludes halogenated alkanes) is 1. The maximum atomic E-state index is 11.3. The molecule has 1 aromatic rings. The Hall–Kier alpha value is 0.0864. The summed E-state index contributed by atoms with van der Waals surface area (Å²) in [5, 5.41) is 2.85. The van der Waals surface area contributed by atoms with E-state index in [9.17, 15) is 4.79 Å². The van der Waals surface area contributed by atoms with Crippen LogP contribution in [0.25, 0.3) is 0 Å². The third-order valence-corrected chi connectivity index (χ3v) is 2.91. The van der Waals surface area contributed by atoms with Gasteiger partial charge in [0.1, 0.15) is 5.75 Å². The van der Waals surface area contributed by atoms with Gasteiger partial charge in [-0.2, -0.15) is 0 Å². The molecule has 1 amide bonds. The predicted molar refractivity (Wildman–Crippen MR) is 81.5 cm³/mol. The summed E-state index contributed by atoms with van der Waals surface area (Å²) < 4.78 is 5.65. The molecule has 112 valence electrons. The van der Waals surface area contributed by atoms with Gasteiger partial charge in [-0.05, 0) is 44.0 Å². The van der Waals surface area contributed by atoms with Crippen molar-refractivity contribution in [2.24, 2.45) is 0 Å². The van der Waals surface area contributed by atoms with Gasteiger partial charge in [-0.25, -0.2) is 0 Å². The summed E-state index contributed by atoms with van der Waals surface area (Å²) in [6.07, 6.45) is 2.89. The van der Waals surface area contributed by atoms with Crippen molar-refractivity contribution in [3.05, 3.63) is 36.9 Å². The van der Waals surface area contributed by atoms with Crippen LogP contribution in [0, 0.1) is 7.05 Å². The van der Waals surface area contributed by atoms with Gasteiger partial charge in [0.2, 0.25) is 5.91 Å². The summed E-state index contributed by atoms with van der Waals surface area (Å²) in [5.74, 6) is 0.920. The summed E-state index contributed by atoms with van der Waals surface area (Å²) in [7, 11) is 5.41. The van der Waals surface area contributed by atoms with Crippen molar-refractivity contribution < 1.29 is 60.9 Å². The second-order valence-electron chi connectivity index (χ2n) is 4.92. The van der Waals surface area contributed by atoms with Crippen molar-refractivity contribution in [2.45, 2.75) is 26.2 Å². The number of likely N-dealkylation sites (N-methyl/N-ethyl adjacent to an activating group) is 1. The molecule has 1 rings (SSSR count). The second kappa shape index (κ2) is 12.6. The molecule has 0 spiro atoms. The van der Waals surface area contributed by atoms with Crippen LogP contribution in [0.5, 0.6) is 5.75 Å².